The average molecular weight is 184 g/mol. The second-order valence-corrected chi connectivity index (χ2v) is 4.12. The first-order chi connectivity index (χ1) is 6.20. The van der Waals surface area contributed by atoms with Gasteiger partial charge in [0.2, 0.25) is 0 Å². The van der Waals surface area contributed by atoms with E-state index in [9.17, 15) is 9.90 Å². The molecule has 0 heterocycles. The van der Waals surface area contributed by atoms with Crippen LogP contribution in [0.5, 0.6) is 0 Å². The van der Waals surface area contributed by atoms with Crippen LogP contribution in [0.15, 0.2) is 0 Å². The highest BCUT2D eigenvalue weighted by molar-refractivity contribution is 5.78. The quantitative estimate of drug-likeness (QED) is 0.725. The Balaban J connectivity index is 2.16. The summed E-state index contributed by atoms with van der Waals surface area (Å²) >= 11 is 0. The molecule has 0 radical (unpaired) electrons. The van der Waals surface area contributed by atoms with Crippen LogP contribution in [0.2, 0.25) is 0 Å². The van der Waals surface area contributed by atoms with Gasteiger partial charge in [0.15, 0.2) is 5.60 Å². The van der Waals surface area contributed by atoms with Gasteiger partial charge in [0, 0.05) is 12.5 Å². The predicted molar refractivity (Wildman–Crippen MR) is 47.4 cm³/mol. The maximum absolute atomic E-state index is 11.2. The fourth-order valence-electron chi connectivity index (χ4n) is 2.71. The van der Waals surface area contributed by atoms with E-state index in [2.05, 4.69) is 0 Å². The Hall–Kier alpha value is -0.570. The normalized spacial score (nSPS) is 42.5. The first-order valence-corrected chi connectivity index (χ1v) is 5.08. The minimum Gasteiger partial charge on any atom is -0.479 e. The second-order valence-electron chi connectivity index (χ2n) is 4.12. The molecule has 74 valence electrons. The highest BCUT2D eigenvalue weighted by Gasteiger charge is 2.60. The van der Waals surface area contributed by atoms with Gasteiger partial charge in [-0.2, -0.15) is 0 Å². The number of hydrogen-bond donors (Lipinski definition) is 1. The van der Waals surface area contributed by atoms with E-state index in [1.165, 1.54) is 6.42 Å². The maximum Gasteiger partial charge on any atom is 0.336 e. The molecular weight excluding hydrogens is 168 g/mol. The van der Waals surface area contributed by atoms with Gasteiger partial charge in [0.1, 0.15) is 0 Å². The van der Waals surface area contributed by atoms with Gasteiger partial charge in [-0.1, -0.05) is 0 Å². The smallest absolute Gasteiger partial charge is 0.336 e. The van der Waals surface area contributed by atoms with Crippen LogP contribution in [0, 0.1) is 11.8 Å². The molecule has 2 rings (SSSR count). The lowest BCUT2D eigenvalue weighted by molar-refractivity contribution is -0.172. The van der Waals surface area contributed by atoms with Crippen molar-refractivity contribution in [3.8, 4) is 0 Å². The molecular formula is C10H16O3. The van der Waals surface area contributed by atoms with Crippen LogP contribution in [-0.4, -0.2) is 23.3 Å². The first-order valence-electron chi connectivity index (χ1n) is 5.08. The number of carboxylic acid groups (broad SMARTS) is 1. The molecule has 2 aliphatic carbocycles. The van der Waals surface area contributed by atoms with Crippen molar-refractivity contribution < 1.29 is 14.6 Å². The van der Waals surface area contributed by atoms with Gasteiger partial charge in [-0.05, 0) is 38.5 Å². The lowest BCUT2D eigenvalue weighted by Crippen LogP contribution is -2.46. The van der Waals surface area contributed by atoms with Crippen molar-refractivity contribution in [2.75, 3.05) is 6.61 Å². The third kappa shape index (κ3) is 1.26. The molecule has 13 heavy (non-hydrogen) atoms. The summed E-state index contributed by atoms with van der Waals surface area (Å²) in [6.45, 7) is 2.38. The number of fused-ring (bicyclic) bond motifs is 1. The van der Waals surface area contributed by atoms with E-state index in [4.69, 9.17) is 4.74 Å². The molecule has 2 fully saturated rings. The minimum atomic E-state index is -0.822. The van der Waals surface area contributed by atoms with E-state index in [0.29, 0.717) is 24.9 Å². The van der Waals surface area contributed by atoms with Gasteiger partial charge in [-0.3, -0.25) is 0 Å². The van der Waals surface area contributed by atoms with Gasteiger partial charge in [0.05, 0.1) is 0 Å². The van der Waals surface area contributed by atoms with Crippen LogP contribution in [-0.2, 0) is 9.53 Å². The zero-order valence-corrected chi connectivity index (χ0v) is 7.95. The Bertz CT molecular complexity index is 222. The highest BCUT2D eigenvalue weighted by Crippen LogP contribution is 2.56. The fraction of sp³-hybridized carbons (Fsp3) is 0.900. The topological polar surface area (TPSA) is 46.5 Å². The van der Waals surface area contributed by atoms with E-state index in [1.807, 2.05) is 6.92 Å². The van der Waals surface area contributed by atoms with Crippen LogP contribution < -0.4 is 0 Å². The molecule has 0 amide bonds. The molecule has 3 heteroatoms. The molecule has 2 aliphatic rings. The van der Waals surface area contributed by atoms with Crippen molar-refractivity contribution >= 4 is 5.97 Å². The monoisotopic (exact) mass is 184 g/mol. The zero-order valence-electron chi connectivity index (χ0n) is 7.95. The molecule has 3 unspecified atom stereocenters. The zero-order chi connectivity index (χ0) is 9.47. The SMILES string of the molecule is CCOC1(C(=O)O)CCCC2CC21. The second kappa shape index (κ2) is 2.98. The summed E-state index contributed by atoms with van der Waals surface area (Å²) in [6, 6.07) is 0. The summed E-state index contributed by atoms with van der Waals surface area (Å²) in [6.07, 6.45) is 3.98. The molecule has 1 N–H and O–H groups in total. The Labute approximate surface area is 78.1 Å². The van der Waals surface area contributed by atoms with Crippen molar-refractivity contribution in [3.05, 3.63) is 0 Å². The number of rotatable bonds is 3. The van der Waals surface area contributed by atoms with Crippen molar-refractivity contribution in [2.45, 2.75) is 38.2 Å². The van der Waals surface area contributed by atoms with Crippen molar-refractivity contribution in [1.29, 1.82) is 0 Å². The third-order valence-corrected chi connectivity index (χ3v) is 3.41. The molecule has 0 aromatic carbocycles. The van der Waals surface area contributed by atoms with Gasteiger partial charge in [-0.25, -0.2) is 4.79 Å². The average Bonchev–Trinajstić information content (AvgIpc) is 2.84. The van der Waals surface area contributed by atoms with Crippen LogP contribution in [0.4, 0.5) is 0 Å². The van der Waals surface area contributed by atoms with Gasteiger partial charge < -0.3 is 9.84 Å². The van der Waals surface area contributed by atoms with Crippen LogP contribution >= 0.6 is 0 Å². The van der Waals surface area contributed by atoms with Gasteiger partial charge in [0.25, 0.3) is 0 Å². The maximum atomic E-state index is 11.2. The number of hydrogen-bond acceptors (Lipinski definition) is 2. The first kappa shape index (κ1) is 9.00. The summed E-state index contributed by atoms with van der Waals surface area (Å²) < 4.78 is 5.49. The van der Waals surface area contributed by atoms with Crippen molar-refractivity contribution in [1.82, 2.24) is 0 Å². The Morgan fingerprint density at radius 1 is 1.69 bits per heavy atom. The van der Waals surface area contributed by atoms with E-state index in [-0.39, 0.29) is 0 Å². The summed E-state index contributed by atoms with van der Waals surface area (Å²) in [5.74, 6) is 0.191. The van der Waals surface area contributed by atoms with E-state index in [1.54, 1.807) is 0 Å². The Kier molecular flexibility index (Phi) is 2.06. The van der Waals surface area contributed by atoms with E-state index >= 15 is 0 Å². The summed E-state index contributed by atoms with van der Waals surface area (Å²) in [7, 11) is 0. The molecule has 3 atom stereocenters. The fourth-order valence-corrected chi connectivity index (χ4v) is 2.71. The standard InChI is InChI=1S/C10H16O3/c1-2-13-10(9(11)12)5-3-4-7-6-8(7)10/h7-8H,2-6H2,1H3,(H,11,12). The number of carboxylic acids is 1. The number of aliphatic carboxylic acids is 1. The molecule has 0 bridgehead atoms. The minimum absolute atomic E-state index is 0.304. The van der Waals surface area contributed by atoms with Gasteiger partial charge in [-0.15, -0.1) is 0 Å². The highest BCUT2D eigenvalue weighted by atomic mass is 16.5. The molecule has 0 spiro atoms. The van der Waals surface area contributed by atoms with Crippen molar-refractivity contribution in [2.24, 2.45) is 11.8 Å². The summed E-state index contributed by atoms with van der Waals surface area (Å²) in [4.78, 5) is 11.2. The summed E-state index contributed by atoms with van der Waals surface area (Å²) in [5.41, 5.74) is -0.822. The van der Waals surface area contributed by atoms with Crippen LogP contribution in [0.1, 0.15) is 32.6 Å². The van der Waals surface area contributed by atoms with Crippen LogP contribution in [0.3, 0.4) is 0 Å². The molecule has 3 nitrogen and oxygen atoms in total. The Morgan fingerprint density at radius 3 is 3.08 bits per heavy atom. The lowest BCUT2D eigenvalue weighted by atomic mass is 9.84. The molecule has 0 aliphatic heterocycles. The van der Waals surface area contributed by atoms with Crippen molar-refractivity contribution in [3.63, 3.8) is 0 Å². The molecule has 0 saturated heterocycles. The van der Waals surface area contributed by atoms with Gasteiger partial charge >= 0.3 is 5.97 Å². The number of ether oxygens (including phenoxy) is 1. The third-order valence-electron chi connectivity index (χ3n) is 3.41. The predicted octanol–water partition coefficient (Wildman–Crippen LogP) is 1.67. The molecule has 0 aromatic heterocycles. The lowest BCUT2D eigenvalue weighted by Gasteiger charge is -2.32. The van der Waals surface area contributed by atoms with E-state index < -0.39 is 11.6 Å². The largest absolute Gasteiger partial charge is 0.479 e. The molecule has 2 saturated carbocycles. The summed E-state index contributed by atoms with van der Waals surface area (Å²) in [5, 5.41) is 9.19. The van der Waals surface area contributed by atoms with E-state index in [0.717, 1.165) is 12.8 Å². The van der Waals surface area contributed by atoms with Crippen LogP contribution in [0.25, 0.3) is 0 Å². The molecule has 0 aromatic rings. The Morgan fingerprint density at radius 2 is 2.46 bits per heavy atom. The number of carbonyl (C=O) groups is 1.